The summed E-state index contributed by atoms with van der Waals surface area (Å²) in [7, 11) is 0. The molecule has 0 saturated heterocycles. The summed E-state index contributed by atoms with van der Waals surface area (Å²) in [5, 5.41) is 11.1. The van der Waals surface area contributed by atoms with E-state index in [0.717, 1.165) is 16.7 Å². The van der Waals surface area contributed by atoms with E-state index in [-0.39, 0.29) is 37.1 Å². The fourth-order valence-corrected chi connectivity index (χ4v) is 3.93. The molecule has 4 amide bonds. The lowest BCUT2D eigenvalue weighted by molar-refractivity contribution is -0.134. The monoisotopic (exact) mass is 502 g/mol. The SMILES string of the molecule is CC(C)[C@@H]1NC(=O)[C@H](Cc2ccccc2)NC(=O)CCC#Cc2cccc(c2)CNC(=O)[C@H](C)NC1=O. The van der Waals surface area contributed by atoms with Crippen molar-refractivity contribution in [2.75, 3.05) is 0 Å². The van der Waals surface area contributed by atoms with Crippen molar-refractivity contribution in [2.45, 2.75) is 64.7 Å². The number of hydrogen-bond acceptors (Lipinski definition) is 4. The smallest absolute Gasteiger partial charge is 0.243 e. The molecule has 1 aliphatic heterocycles. The van der Waals surface area contributed by atoms with Crippen LogP contribution in [0, 0.1) is 17.8 Å². The number of rotatable bonds is 3. The molecule has 0 aromatic heterocycles. The Morgan fingerprint density at radius 1 is 0.892 bits per heavy atom. The number of carbonyl (C=O) groups excluding carboxylic acids is 4. The first-order valence-corrected chi connectivity index (χ1v) is 12.5. The molecule has 3 atom stereocenters. The fourth-order valence-electron chi connectivity index (χ4n) is 3.93. The molecule has 4 N–H and O–H groups in total. The zero-order valence-corrected chi connectivity index (χ0v) is 21.5. The molecule has 0 radical (unpaired) electrons. The van der Waals surface area contributed by atoms with Gasteiger partial charge in [0.2, 0.25) is 23.6 Å². The summed E-state index contributed by atoms with van der Waals surface area (Å²) < 4.78 is 0. The number of hydrogen-bond donors (Lipinski definition) is 4. The van der Waals surface area contributed by atoms with E-state index < -0.39 is 29.9 Å². The van der Waals surface area contributed by atoms with Crippen LogP contribution in [-0.2, 0) is 32.1 Å². The van der Waals surface area contributed by atoms with Crippen LogP contribution in [0.4, 0.5) is 0 Å². The Hall–Kier alpha value is -4.12. The molecule has 37 heavy (non-hydrogen) atoms. The third kappa shape index (κ3) is 8.50. The topological polar surface area (TPSA) is 116 Å². The fraction of sp³-hybridized carbons (Fsp3) is 0.379. The third-order valence-electron chi connectivity index (χ3n) is 6.04. The number of fused-ring (bicyclic) bond motifs is 2. The van der Waals surface area contributed by atoms with Gasteiger partial charge in [0.1, 0.15) is 18.1 Å². The van der Waals surface area contributed by atoms with E-state index >= 15 is 0 Å². The Morgan fingerprint density at radius 3 is 2.38 bits per heavy atom. The summed E-state index contributed by atoms with van der Waals surface area (Å²) in [4.78, 5) is 51.7. The summed E-state index contributed by atoms with van der Waals surface area (Å²) >= 11 is 0. The number of nitrogens with one attached hydrogen (secondary N) is 4. The van der Waals surface area contributed by atoms with Gasteiger partial charge in [0, 0.05) is 31.4 Å². The van der Waals surface area contributed by atoms with Gasteiger partial charge in [0.15, 0.2) is 0 Å². The largest absolute Gasteiger partial charge is 0.350 e. The third-order valence-corrected chi connectivity index (χ3v) is 6.04. The Balaban J connectivity index is 1.87. The highest BCUT2D eigenvalue weighted by Crippen LogP contribution is 2.09. The average molecular weight is 503 g/mol. The molecular formula is C29H34N4O4. The molecule has 2 aromatic rings. The van der Waals surface area contributed by atoms with E-state index in [1.165, 1.54) is 0 Å². The predicted molar refractivity (Wildman–Crippen MR) is 141 cm³/mol. The minimum atomic E-state index is -0.887. The van der Waals surface area contributed by atoms with Gasteiger partial charge in [0.25, 0.3) is 0 Å². The standard InChI is InChI=1S/C29H34N4O4/c1-19(2)26-29(37)31-20(3)27(35)30-18-23-14-9-13-21(16-23)12-7-8-15-25(34)32-24(28(36)33-26)17-22-10-5-4-6-11-22/h4-6,9-11,13-14,16,19-20,24,26H,8,15,17-18H2,1-3H3,(H,30,35)(H,31,37)(H,32,34)(H,33,36)/t20-,24-,26-/m0/s1. The van der Waals surface area contributed by atoms with Gasteiger partial charge >= 0.3 is 0 Å². The maximum Gasteiger partial charge on any atom is 0.243 e. The van der Waals surface area contributed by atoms with E-state index in [1.807, 2.05) is 54.6 Å². The molecule has 0 unspecified atom stereocenters. The van der Waals surface area contributed by atoms with Crippen LogP contribution < -0.4 is 21.3 Å². The first kappa shape index (κ1) is 27.5. The zero-order chi connectivity index (χ0) is 26.8. The molecule has 3 rings (SSSR count). The van der Waals surface area contributed by atoms with E-state index in [2.05, 4.69) is 33.1 Å². The summed E-state index contributed by atoms with van der Waals surface area (Å²) in [6, 6.07) is 14.2. The van der Waals surface area contributed by atoms with Gasteiger partial charge in [-0.05, 0) is 36.1 Å². The summed E-state index contributed by atoms with van der Waals surface area (Å²) in [5.74, 6) is 4.22. The van der Waals surface area contributed by atoms with Gasteiger partial charge in [-0.3, -0.25) is 19.2 Å². The minimum Gasteiger partial charge on any atom is -0.350 e. The molecule has 8 heteroatoms. The summed E-state index contributed by atoms with van der Waals surface area (Å²) in [6.07, 6.45) is 0.718. The van der Waals surface area contributed by atoms with Crippen molar-refractivity contribution < 1.29 is 19.2 Å². The highest BCUT2D eigenvalue weighted by molar-refractivity contribution is 5.94. The molecular weight excluding hydrogens is 468 g/mol. The second kappa shape index (κ2) is 13.3. The number of benzene rings is 2. The van der Waals surface area contributed by atoms with Crippen LogP contribution in [0.15, 0.2) is 54.6 Å². The lowest BCUT2D eigenvalue weighted by Crippen LogP contribution is -2.58. The first-order valence-electron chi connectivity index (χ1n) is 12.5. The van der Waals surface area contributed by atoms with Crippen molar-refractivity contribution in [1.82, 2.24) is 21.3 Å². The van der Waals surface area contributed by atoms with Gasteiger partial charge in [-0.2, -0.15) is 0 Å². The Bertz CT molecular complexity index is 1180. The second-order valence-electron chi connectivity index (χ2n) is 9.49. The van der Waals surface area contributed by atoms with Crippen LogP contribution in [0.2, 0.25) is 0 Å². The van der Waals surface area contributed by atoms with Crippen LogP contribution in [-0.4, -0.2) is 41.8 Å². The molecule has 0 spiro atoms. The van der Waals surface area contributed by atoms with Crippen LogP contribution >= 0.6 is 0 Å². The molecule has 1 heterocycles. The van der Waals surface area contributed by atoms with Gasteiger partial charge in [0.05, 0.1) is 0 Å². The number of carbonyl (C=O) groups is 4. The van der Waals surface area contributed by atoms with Crippen molar-refractivity contribution in [3.8, 4) is 11.8 Å². The van der Waals surface area contributed by atoms with E-state index in [9.17, 15) is 19.2 Å². The molecule has 2 aromatic carbocycles. The van der Waals surface area contributed by atoms with E-state index in [1.54, 1.807) is 20.8 Å². The molecule has 2 bridgehead atoms. The Kier molecular flexibility index (Phi) is 9.84. The van der Waals surface area contributed by atoms with Gasteiger partial charge < -0.3 is 21.3 Å². The molecule has 194 valence electrons. The lowest BCUT2D eigenvalue weighted by Gasteiger charge is -2.26. The Morgan fingerprint density at radius 2 is 1.65 bits per heavy atom. The van der Waals surface area contributed by atoms with Crippen molar-refractivity contribution in [3.63, 3.8) is 0 Å². The van der Waals surface area contributed by atoms with Crippen molar-refractivity contribution in [1.29, 1.82) is 0 Å². The van der Waals surface area contributed by atoms with Crippen LogP contribution in [0.25, 0.3) is 0 Å². The normalized spacial score (nSPS) is 21.7. The van der Waals surface area contributed by atoms with Gasteiger partial charge in [-0.15, -0.1) is 0 Å². The van der Waals surface area contributed by atoms with Crippen molar-refractivity contribution in [3.05, 3.63) is 71.3 Å². The Labute approximate surface area is 218 Å². The van der Waals surface area contributed by atoms with Crippen molar-refractivity contribution >= 4 is 23.6 Å². The van der Waals surface area contributed by atoms with E-state index in [0.29, 0.717) is 6.42 Å². The van der Waals surface area contributed by atoms with Crippen LogP contribution in [0.1, 0.15) is 50.3 Å². The van der Waals surface area contributed by atoms with Crippen LogP contribution in [0.3, 0.4) is 0 Å². The summed E-state index contributed by atoms with van der Waals surface area (Å²) in [6.45, 7) is 5.49. The first-order chi connectivity index (χ1) is 17.7. The van der Waals surface area contributed by atoms with Crippen LogP contribution in [0.5, 0.6) is 0 Å². The molecule has 0 aliphatic carbocycles. The predicted octanol–water partition coefficient (Wildman–Crippen LogP) is 1.82. The zero-order valence-electron chi connectivity index (χ0n) is 21.5. The lowest BCUT2D eigenvalue weighted by atomic mass is 10.0. The highest BCUT2D eigenvalue weighted by Gasteiger charge is 2.30. The molecule has 0 fully saturated rings. The van der Waals surface area contributed by atoms with E-state index in [4.69, 9.17) is 0 Å². The highest BCUT2D eigenvalue weighted by atomic mass is 16.2. The molecule has 0 saturated carbocycles. The molecule has 8 nitrogen and oxygen atoms in total. The maximum atomic E-state index is 13.3. The number of amides is 4. The minimum absolute atomic E-state index is 0.132. The van der Waals surface area contributed by atoms with Gasteiger partial charge in [-0.25, -0.2) is 0 Å². The van der Waals surface area contributed by atoms with Crippen molar-refractivity contribution in [2.24, 2.45) is 5.92 Å². The average Bonchev–Trinajstić information content (AvgIpc) is 2.87. The summed E-state index contributed by atoms with van der Waals surface area (Å²) in [5.41, 5.74) is 2.51. The maximum absolute atomic E-state index is 13.3. The quantitative estimate of drug-likeness (QED) is 0.479. The molecule has 1 aliphatic rings. The second-order valence-corrected chi connectivity index (χ2v) is 9.49. The van der Waals surface area contributed by atoms with Gasteiger partial charge in [-0.1, -0.05) is 68.2 Å².